The molecule has 0 unspecified atom stereocenters. The number of methoxy groups -OCH3 is 2. The van der Waals surface area contributed by atoms with E-state index in [-0.39, 0.29) is 22.9 Å². The molecule has 0 bridgehead atoms. The lowest BCUT2D eigenvalue weighted by Crippen LogP contribution is -2.28. The third-order valence-corrected chi connectivity index (χ3v) is 5.41. The third kappa shape index (κ3) is 3.67. The van der Waals surface area contributed by atoms with Crippen molar-refractivity contribution in [3.8, 4) is 11.5 Å². The molecule has 0 fully saturated rings. The minimum Gasteiger partial charge on any atom is -0.493 e. The number of fused-ring (bicyclic) bond motifs is 1. The SMILES string of the molecule is COc1cccc(/C=c2/sc3nc(=O)c(Cc4ccc(F)cc4)nn3c2=O)c1OC. The van der Waals surface area contributed by atoms with Crippen molar-refractivity contribution in [3.05, 3.63) is 90.3 Å². The summed E-state index contributed by atoms with van der Waals surface area (Å²) >= 11 is 1.06. The highest BCUT2D eigenvalue weighted by atomic mass is 32.1. The fraction of sp³-hybridized carbons (Fsp3) is 0.143. The van der Waals surface area contributed by atoms with Crippen LogP contribution in [0, 0.1) is 5.82 Å². The Morgan fingerprint density at radius 1 is 1.10 bits per heavy atom. The second-order valence-electron chi connectivity index (χ2n) is 6.36. The van der Waals surface area contributed by atoms with E-state index < -0.39 is 11.1 Å². The van der Waals surface area contributed by atoms with Crippen molar-refractivity contribution in [3.63, 3.8) is 0 Å². The second-order valence-corrected chi connectivity index (χ2v) is 7.37. The average molecular weight is 425 g/mol. The Morgan fingerprint density at radius 3 is 2.57 bits per heavy atom. The highest BCUT2D eigenvalue weighted by molar-refractivity contribution is 7.15. The molecule has 0 atom stereocenters. The van der Waals surface area contributed by atoms with Crippen LogP contribution in [-0.4, -0.2) is 28.8 Å². The molecule has 0 saturated heterocycles. The summed E-state index contributed by atoms with van der Waals surface area (Å²) in [5.74, 6) is 0.654. The summed E-state index contributed by atoms with van der Waals surface area (Å²) in [5.41, 5.74) is 0.534. The molecular weight excluding hydrogens is 409 g/mol. The molecule has 30 heavy (non-hydrogen) atoms. The maximum absolute atomic E-state index is 13.1. The zero-order chi connectivity index (χ0) is 21.3. The first-order chi connectivity index (χ1) is 14.5. The van der Waals surface area contributed by atoms with Crippen LogP contribution >= 0.6 is 11.3 Å². The molecule has 0 aliphatic rings. The average Bonchev–Trinajstić information content (AvgIpc) is 3.04. The van der Waals surface area contributed by atoms with Crippen LogP contribution in [0.4, 0.5) is 4.39 Å². The van der Waals surface area contributed by atoms with Gasteiger partial charge in [0.05, 0.1) is 18.8 Å². The zero-order valence-electron chi connectivity index (χ0n) is 16.1. The fourth-order valence-electron chi connectivity index (χ4n) is 3.01. The predicted octanol–water partition coefficient (Wildman–Crippen LogP) is 1.81. The number of thiazole rings is 1. The van der Waals surface area contributed by atoms with Gasteiger partial charge in [-0.3, -0.25) is 9.59 Å². The van der Waals surface area contributed by atoms with Crippen molar-refractivity contribution in [1.82, 2.24) is 14.6 Å². The van der Waals surface area contributed by atoms with Gasteiger partial charge in [0, 0.05) is 12.0 Å². The summed E-state index contributed by atoms with van der Waals surface area (Å²) in [7, 11) is 3.05. The number of ether oxygens (including phenoxy) is 2. The molecule has 152 valence electrons. The Kier molecular flexibility index (Phi) is 5.28. The predicted molar refractivity (Wildman–Crippen MR) is 111 cm³/mol. The molecule has 7 nitrogen and oxygen atoms in total. The van der Waals surface area contributed by atoms with E-state index in [9.17, 15) is 14.0 Å². The van der Waals surface area contributed by atoms with Crippen molar-refractivity contribution in [2.45, 2.75) is 6.42 Å². The highest BCUT2D eigenvalue weighted by Crippen LogP contribution is 2.31. The lowest BCUT2D eigenvalue weighted by molar-refractivity contribution is 0.354. The van der Waals surface area contributed by atoms with Crippen LogP contribution in [-0.2, 0) is 6.42 Å². The molecule has 4 aromatic rings. The number of rotatable bonds is 5. The summed E-state index contributed by atoms with van der Waals surface area (Å²) in [4.78, 5) is 29.4. The molecular formula is C21H16FN3O4S. The highest BCUT2D eigenvalue weighted by Gasteiger charge is 2.13. The van der Waals surface area contributed by atoms with Crippen LogP contribution in [0.1, 0.15) is 16.8 Å². The van der Waals surface area contributed by atoms with E-state index in [1.165, 1.54) is 26.4 Å². The van der Waals surface area contributed by atoms with E-state index in [0.29, 0.717) is 27.2 Å². The molecule has 0 aliphatic carbocycles. The van der Waals surface area contributed by atoms with Crippen molar-refractivity contribution >= 4 is 22.4 Å². The number of hydrogen-bond acceptors (Lipinski definition) is 7. The Hall–Kier alpha value is -3.59. The second kappa shape index (κ2) is 8.03. The van der Waals surface area contributed by atoms with Crippen molar-refractivity contribution in [2.75, 3.05) is 14.2 Å². The normalized spacial score (nSPS) is 11.8. The number of halogens is 1. The maximum Gasteiger partial charge on any atom is 0.296 e. The van der Waals surface area contributed by atoms with Gasteiger partial charge in [0.25, 0.3) is 11.1 Å². The van der Waals surface area contributed by atoms with E-state index in [4.69, 9.17) is 9.47 Å². The molecule has 2 aromatic carbocycles. The van der Waals surface area contributed by atoms with Gasteiger partial charge in [0.1, 0.15) is 11.5 Å². The number of nitrogens with zero attached hydrogens (tertiary/aromatic N) is 3. The first-order valence-corrected chi connectivity index (χ1v) is 9.71. The molecule has 0 saturated carbocycles. The smallest absolute Gasteiger partial charge is 0.296 e. The summed E-state index contributed by atoms with van der Waals surface area (Å²) in [6.07, 6.45) is 1.79. The largest absolute Gasteiger partial charge is 0.493 e. The van der Waals surface area contributed by atoms with Gasteiger partial charge in [-0.05, 0) is 29.8 Å². The van der Waals surface area contributed by atoms with Gasteiger partial charge in [-0.15, -0.1) is 0 Å². The third-order valence-electron chi connectivity index (χ3n) is 4.46. The van der Waals surface area contributed by atoms with E-state index in [1.807, 2.05) is 0 Å². The Morgan fingerprint density at radius 2 is 1.87 bits per heavy atom. The monoisotopic (exact) mass is 425 g/mol. The molecule has 0 aliphatic heterocycles. The number of aromatic nitrogens is 3. The first-order valence-electron chi connectivity index (χ1n) is 8.90. The van der Waals surface area contributed by atoms with Gasteiger partial charge in [0.15, 0.2) is 11.5 Å². The fourth-order valence-corrected chi connectivity index (χ4v) is 3.91. The van der Waals surface area contributed by atoms with Gasteiger partial charge in [-0.25, -0.2) is 4.39 Å². The molecule has 2 heterocycles. The molecule has 0 spiro atoms. The Labute approximate surface area is 173 Å². The van der Waals surface area contributed by atoms with Gasteiger partial charge in [-0.2, -0.15) is 14.6 Å². The molecule has 0 amide bonds. The van der Waals surface area contributed by atoms with Crippen LogP contribution in [0.5, 0.6) is 11.5 Å². The maximum atomic E-state index is 13.1. The summed E-state index contributed by atoms with van der Waals surface area (Å²) in [6, 6.07) is 11.0. The van der Waals surface area contributed by atoms with Crippen molar-refractivity contribution in [1.29, 1.82) is 0 Å². The number of hydrogen-bond donors (Lipinski definition) is 0. The Bertz CT molecular complexity index is 1400. The van der Waals surface area contributed by atoms with Crippen molar-refractivity contribution in [2.24, 2.45) is 0 Å². The summed E-state index contributed by atoms with van der Waals surface area (Å²) in [6.45, 7) is 0. The van der Waals surface area contributed by atoms with Crippen LogP contribution in [0.25, 0.3) is 11.0 Å². The van der Waals surface area contributed by atoms with Gasteiger partial charge < -0.3 is 9.47 Å². The van der Waals surface area contributed by atoms with Gasteiger partial charge in [0.2, 0.25) is 4.96 Å². The number of para-hydroxylation sites is 1. The topological polar surface area (TPSA) is 82.8 Å². The zero-order valence-corrected chi connectivity index (χ0v) is 16.9. The van der Waals surface area contributed by atoms with Gasteiger partial charge >= 0.3 is 0 Å². The van der Waals surface area contributed by atoms with E-state index in [1.54, 1.807) is 36.4 Å². The molecule has 9 heteroatoms. The van der Waals surface area contributed by atoms with Crippen LogP contribution in [0.15, 0.2) is 52.1 Å². The van der Waals surface area contributed by atoms with Crippen LogP contribution < -0.4 is 25.1 Å². The van der Waals surface area contributed by atoms with Gasteiger partial charge in [-0.1, -0.05) is 35.6 Å². The minimum atomic E-state index is -0.522. The lowest BCUT2D eigenvalue weighted by atomic mass is 10.1. The standard InChI is InChI=1S/C21H16FN3O4S/c1-28-16-5-3-4-13(18(16)29-2)11-17-20(27)25-21(30-17)23-19(26)15(24-25)10-12-6-8-14(22)9-7-12/h3-9,11H,10H2,1-2H3/b17-11+. The lowest BCUT2D eigenvalue weighted by Gasteiger charge is -2.09. The van der Waals surface area contributed by atoms with E-state index >= 15 is 0 Å². The van der Waals surface area contributed by atoms with Crippen molar-refractivity contribution < 1.29 is 13.9 Å². The van der Waals surface area contributed by atoms with E-state index in [0.717, 1.165) is 15.9 Å². The molecule has 0 radical (unpaired) electrons. The molecule has 2 aromatic heterocycles. The minimum absolute atomic E-state index is 0.111. The number of benzene rings is 2. The summed E-state index contributed by atoms with van der Waals surface area (Å²) in [5, 5.41) is 4.20. The first kappa shape index (κ1) is 19.7. The molecule has 0 N–H and O–H groups in total. The van der Waals surface area contributed by atoms with E-state index in [2.05, 4.69) is 10.1 Å². The Balaban J connectivity index is 1.82. The van der Waals surface area contributed by atoms with Crippen LogP contribution in [0.2, 0.25) is 0 Å². The molecule has 4 rings (SSSR count). The summed E-state index contributed by atoms with van der Waals surface area (Å²) < 4.78 is 25.2. The van der Waals surface area contributed by atoms with Crippen LogP contribution in [0.3, 0.4) is 0 Å². The quantitative estimate of drug-likeness (QED) is 0.485.